The summed E-state index contributed by atoms with van der Waals surface area (Å²) < 4.78 is 10.3. The molecule has 8 nitrogen and oxygen atoms in total. The normalized spacial score (nSPS) is 11.4. The summed E-state index contributed by atoms with van der Waals surface area (Å²) in [5.74, 6) is 1.47. The lowest BCUT2D eigenvalue weighted by Crippen LogP contribution is -2.42. The fourth-order valence-electron chi connectivity index (χ4n) is 2.54. The fourth-order valence-corrected chi connectivity index (χ4v) is 2.54. The molecule has 0 fully saturated rings. The Labute approximate surface area is 175 Å². The van der Waals surface area contributed by atoms with Crippen molar-refractivity contribution < 1.29 is 14.3 Å². The molecule has 0 aliphatic rings. The van der Waals surface area contributed by atoms with Gasteiger partial charge in [0.2, 0.25) is 5.91 Å². The number of carbonyl (C=O) groups excluding carboxylic acids is 1. The number of rotatable bonds is 13. The highest BCUT2D eigenvalue weighted by Crippen LogP contribution is 2.11. The van der Waals surface area contributed by atoms with Crippen molar-refractivity contribution in [2.24, 2.45) is 4.99 Å². The smallest absolute Gasteiger partial charge is 0.243 e. The van der Waals surface area contributed by atoms with E-state index in [1.807, 2.05) is 12.1 Å². The molecule has 0 aliphatic heterocycles. The summed E-state index contributed by atoms with van der Waals surface area (Å²) in [6.07, 6.45) is 1.86. The van der Waals surface area contributed by atoms with Gasteiger partial charge < -0.3 is 29.9 Å². The Hall–Kier alpha value is -2.32. The SMILES string of the molecule is COCCCN(C)CCNC(=NCC(=O)N(C)C)NCCc1ccc(OC)cc1. The van der Waals surface area contributed by atoms with Crippen molar-refractivity contribution in [3.8, 4) is 5.75 Å². The summed E-state index contributed by atoms with van der Waals surface area (Å²) >= 11 is 0. The third-order valence-corrected chi connectivity index (χ3v) is 4.41. The first-order valence-corrected chi connectivity index (χ1v) is 9.99. The summed E-state index contributed by atoms with van der Waals surface area (Å²) in [7, 11) is 8.93. The first-order valence-electron chi connectivity index (χ1n) is 9.99. The van der Waals surface area contributed by atoms with E-state index in [1.54, 1.807) is 33.2 Å². The number of nitrogens with zero attached hydrogens (tertiary/aromatic N) is 3. The van der Waals surface area contributed by atoms with Crippen LogP contribution in [0, 0.1) is 0 Å². The maximum Gasteiger partial charge on any atom is 0.243 e. The molecule has 0 heterocycles. The molecule has 1 aromatic carbocycles. The number of benzene rings is 1. The Morgan fingerprint density at radius 1 is 1.03 bits per heavy atom. The molecule has 0 saturated carbocycles. The van der Waals surface area contributed by atoms with Crippen molar-refractivity contribution in [1.29, 1.82) is 0 Å². The second-order valence-electron chi connectivity index (χ2n) is 7.05. The number of hydrogen-bond donors (Lipinski definition) is 2. The van der Waals surface area contributed by atoms with Gasteiger partial charge in [-0.15, -0.1) is 0 Å². The van der Waals surface area contributed by atoms with Gasteiger partial charge in [-0.2, -0.15) is 0 Å². The zero-order valence-electron chi connectivity index (χ0n) is 18.5. The van der Waals surface area contributed by atoms with E-state index >= 15 is 0 Å². The van der Waals surface area contributed by atoms with Gasteiger partial charge in [0.15, 0.2) is 5.96 Å². The maximum absolute atomic E-state index is 11.9. The molecular weight excluding hydrogens is 370 g/mol. The molecule has 29 heavy (non-hydrogen) atoms. The lowest BCUT2D eigenvalue weighted by Gasteiger charge is -2.18. The summed E-state index contributed by atoms with van der Waals surface area (Å²) in [6, 6.07) is 8.01. The van der Waals surface area contributed by atoms with Crippen LogP contribution in [0.4, 0.5) is 0 Å². The molecule has 0 bridgehead atoms. The van der Waals surface area contributed by atoms with Crippen molar-refractivity contribution in [1.82, 2.24) is 20.4 Å². The average Bonchev–Trinajstić information content (AvgIpc) is 2.71. The molecule has 0 saturated heterocycles. The number of guanidine groups is 1. The Kier molecular flexibility index (Phi) is 12.5. The average molecular weight is 408 g/mol. The van der Waals surface area contributed by atoms with Crippen LogP contribution in [0.3, 0.4) is 0 Å². The molecular formula is C21H37N5O3. The second kappa shape index (κ2) is 14.6. The van der Waals surface area contributed by atoms with Gasteiger partial charge in [0.05, 0.1) is 7.11 Å². The first kappa shape index (κ1) is 24.7. The highest BCUT2D eigenvalue weighted by Gasteiger charge is 2.05. The Morgan fingerprint density at radius 3 is 2.34 bits per heavy atom. The molecule has 164 valence electrons. The molecule has 0 radical (unpaired) electrons. The van der Waals surface area contributed by atoms with Crippen LogP contribution in [0.5, 0.6) is 5.75 Å². The van der Waals surface area contributed by atoms with Gasteiger partial charge >= 0.3 is 0 Å². The molecule has 0 atom stereocenters. The van der Waals surface area contributed by atoms with Crippen LogP contribution >= 0.6 is 0 Å². The largest absolute Gasteiger partial charge is 0.497 e. The molecule has 1 rings (SSSR count). The minimum atomic E-state index is -0.0297. The minimum Gasteiger partial charge on any atom is -0.497 e. The number of hydrogen-bond acceptors (Lipinski definition) is 5. The van der Waals surface area contributed by atoms with Crippen molar-refractivity contribution >= 4 is 11.9 Å². The summed E-state index contributed by atoms with van der Waals surface area (Å²) in [6.45, 7) is 4.21. The van der Waals surface area contributed by atoms with Crippen LogP contribution in [0.15, 0.2) is 29.3 Å². The van der Waals surface area contributed by atoms with Gasteiger partial charge in [0.25, 0.3) is 0 Å². The predicted molar refractivity (Wildman–Crippen MR) is 118 cm³/mol. The van der Waals surface area contributed by atoms with Crippen LogP contribution in [-0.2, 0) is 16.0 Å². The molecule has 0 unspecified atom stereocenters. The lowest BCUT2D eigenvalue weighted by atomic mass is 10.1. The third-order valence-electron chi connectivity index (χ3n) is 4.41. The first-order chi connectivity index (χ1) is 14.0. The summed E-state index contributed by atoms with van der Waals surface area (Å²) in [4.78, 5) is 20.1. The Balaban J connectivity index is 2.49. The van der Waals surface area contributed by atoms with Gasteiger partial charge in [0, 0.05) is 54.0 Å². The summed E-state index contributed by atoms with van der Waals surface area (Å²) in [5.41, 5.74) is 1.21. The molecule has 8 heteroatoms. The van der Waals surface area contributed by atoms with E-state index in [1.165, 1.54) is 5.56 Å². The molecule has 1 amide bonds. The van der Waals surface area contributed by atoms with Crippen LogP contribution in [-0.4, -0.2) is 96.4 Å². The number of carbonyl (C=O) groups is 1. The van der Waals surface area contributed by atoms with E-state index in [0.717, 1.165) is 51.4 Å². The van der Waals surface area contributed by atoms with Crippen molar-refractivity contribution in [3.05, 3.63) is 29.8 Å². The molecule has 0 spiro atoms. The van der Waals surface area contributed by atoms with E-state index in [-0.39, 0.29) is 12.5 Å². The highest BCUT2D eigenvalue weighted by atomic mass is 16.5. The number of aliphatic imine (C=N–C) groups is 1. The van der Waals surface area contributed by atoms with Crippen molar-refractivity contribution in [2.45, 2.75) is 12.8 Å². The number of ether oxygens (including phenoxy) is 2. The van der Waals surface area contributed by atoms with E-state index in [2.05, 4.69) is 39.7 Å². The van der Waals surface area contributed by atoms with E-state index in [9.17, 15) is 4.79 Å². The minimum absolute atomic E-state index is 0.0297. The number of amides is 1. The van der Waals surface area contributed by atoms with E-state index in [4.69, 9.17) is 9.47 Å². The second-order valence-corrected chi connectivity index (χ2v) is 7.05. The van der Waals surface area contributed by atoms with Crippen LogP contribution < -0.4 is 15.4 Å². The zero-order valence-corrected chi connectivity index (χ0v) is 18.5. The van der Waals surface area contributed by atoms with E-state index < -0.39 is 0 Å². The fraction of sp³-hybridized carbons (Fsp3) is 0.619. The molecule has 2 N–H and O–H groups in total. The van der Waals surface area contributed by atoms with Gasteiger partial charge in [-0.3, -0.25) is 4.79 Å². The van der Waals surface area contributed by atoms with Gasteiger partial charge in [-0.25, -0.2) is 4.99 Å². The van der Waals surface area contributed by atoms with Gasteiger partial charge in [-0.1, -0.05) is 12.1 Å². The lowest BCUT2D eigenvalue weighted by molar-refractivity contribution is -0.127. The zero-order chi connectivity index (χ0) is 21.5. The van der Waals surface area contributed by atoms with Crippen molar-refractivity contribution in [3.63, 3.8) is 0 Å². The molecule has 1 aromatic rings. The monoisotopic (exact) mass is 407 g/mol. The number of methoxy groups -OCH3 is 2. The molecule has 0 aliphatic carbocycles. The predicted octanol–water partition coefficient (Wildman–Crippen LogP) is 0.829. The Bertz CT molecular complexity index is 605. The van der Waals surface area contributed by atoms with Gasteiger partial charge in [-0.05, 0) is 37.6 Å². The quantitative estimate of drug-likeness (QED) is 0.287. The topological polar surface area (TPSA) is 78.4 Å². The third kappa shape index (κ3) is 11.3. The number of likely N-dealkylation sites (N-methyl/N-ethyl adjacent to an activating group) is 2. The van der Waals surface area contributed by atoms with Gasteiger partial charge in [0.1, 0.15) is 12.3 Å². The van der Waals surface area contributed by atoms with Crippen molar-refractivity contribution in [2.75, 3.05) is 74.7 Å². The standard InChI is InChI=1S/C21H37N5O3/c1-25(2)20(27)17-24-21(23-13-15-26(3)14-6-16-28-4)22-12-11-18-7-9-19(29-5)10-8-18/h7-10H,6,11-17H2,1-5H3,(H2,22,23,24). The van der Waals surface area contributed by atoms with Crippen LogP contribution in [0.25, 0.3) is 0 Å². The highest BCUT2D eigenvalue weighted by molar-refractivity contribution is 5.84. The summed E-state index contributed by atoms with van der Waals surface area (Å²) in [5, 5.41) is 6.63. The maximum atomic E-state index is 11.9. The number of nitrogens with one attached hydrogen (secondary N) is 2. The van der Waals surface area contributed by atoms with Crippen LogP contribution in [0.2, 0.25) is 0 Å². The van der Waals surface area contributed by atoms with E-state index in [0.29, 0.717) is 5.96 Å². The Morgan fingerprint density at radius 2 is 1.72 bits per heavy atom. The van der Waals surface area contributed by atoms with Crippen LogP contribution in [0.1, 0.15) is 12.0 Å². The molecule has 0 aromatic heterocycles.